The quantitative estimate of drug-likeness (QED) is 0.444. The number of hydrogen-bond acceptors (Lipinski definition) is 4. The number of carbonyl (C=O) groups excluding carboxylic acids is 2. The molecule has 0 radical (unpaired) electrons. The number of rotatable bonds is 8. The van der Waals surface area contributed by atoms with Crippen LogP contribution in [0.5, 0.6) is 0 Å². The number of nitrogens with two attached hydrogens (primary N) is 1. The third kappa shape index (κ3) is 10.8. The van der Waals surface area contributed by atoms with Gasteiger partial charge in [0.2, 0.25) is 11.8 Å². The molecular formula is C9H18N2O4. The summed E-state index contributed by atoms with van der Waals surface area (Å²) in [6, 6.07) is 0. The van der Waals surface area contributed by atoms with Crippen molar-refractivity contribution in [2.45, 2.75) is 25.9 Å². The molecule has 0 aromatic carbocycles. The number of aliphatic hydroxyl groups is 1. The minimum absolute atomic E-state index is 0.135. The number of amides is 2. The molecule has 0 aliphatic heterocycles. The van der Waals surface area contributed by atoms with Crippen LogP contribution >= 0.6 is 0 Å². The minimum atomic E-state index is -0.532. The van der Waals surface area contributed by atoms with Gasteiger partial charge in [-0.05, 0) is 13.3 Å². The van der Waals surface area contributed by atoms with Gasteiger partial charge in [-0.2, -0.15) is 0 Å². The zero-order chi connectivity index (χ0) is 11.7. The molecule has 0 heterocycles. The average molecular weight is 218 g/mol. The predicted octanol–water partition coefficient (Wildman–Crippen LogP) is -1.23. The maximum absolute atomic E-state index is 11.1. The highest BCUT2D eigenvalue weighted by molar-refractivity contribution is 5.76. The Bertz CT molecular complexity index is 206. The van der Waals surface area contributed by atoms with Gasteiger partial charge in [-0.25, -0.2) is 0 Å². The molecule has 0 aliphatic carbocycles. The Morgan fingerprint density at radius 3 is 2.73 bits per heavy atom. The predicted molar refractivity (Wildman–Crippen MR) is 53.9 cm³/mol. The number of nitrogens with one attached hydrogen (secondary N) is 1. The molecule has 0 spiro atoms. The zero-order valence-corrected chi connectivity index (χ0v) is 8.86. The Hall–Kier alpha value is -1.14. The molecule has 0 rings (SSSR count). The number of hydrogen-bond donors (Lipinski definition) is 3. The lowest BCUT2D eigenvalue weighted by molar-refractivity contribution is -0.122. The molecule has 0 aromatic heterocycles. The van der Waals surface area contributed by atoms with Crippen molar-refractivity contribution in [2.75, 3.05) is 19.8 Å². The van der Waals surface area contributed by atoms with Gasteiger partial charge in [-0.15, -0.1) is 0 Å². The van der Waals surface area contributed by atoms with Gasteiger partial charge >= 0.3 is 0 Å². The van der Waals surface area contributed by atoms with E-state index < -0.39 is 12.0 Å². The highest BCUT2D eigenvalue weighted by atomic mass is 16.5. The van der Waals surface area contributed by atoms with Crippen LogP contribution in [0.25, 0.3) is 0 Å². The summed E-state index contributed by atoms with van der Waals surface area (Å²) in [7, 11) is 0. The van der Waals surface area contributed by atoms with Gasteiger partial charge in [0.25, 0.3) is 0 Å². The van der Waals surface area contributed by atoms with Crippen LogP contribution in [0, 0.1) is 0 Å². The summed E-state index contributed by atoms with van der Waals surface area (Å²) in [6.45, 7) is 2.09. The fraction of sp³-hybridized carbons (Fsp3) is 0.778. The molecule has 1 unspecified atom stereocenters. The summed E-state index contributed by atoms with van der Waals surface area (Å²) in [5.74, 6) is -0.672. The monoisotopic (exact) mass is 218 g/mol. The summed E-state index contributed by atoms with van der Waals surface area (Å²) in [5, 5.41) is 11.5. The van der Waals surface area contributed by atoms with E-state index in [-0.39, 0.29) is 25.5 Å². The van der Waals surface area contributed by atoms with Crippen molar-refractivity contribution in [1.82, 2.24) is 5.32 Å². The first-order valence-corrected chi connectivity index (χ1v) is 4.83. The fourth-order valence-corrected chi connectivity index (χ4v) is 0.864. The number of aliphatic hydroxyl groups excluding tert-OH is 1. The molecule has 2 amide bonds. The first kappa shape index (κ1) is 13.9. The van der Waals surface area contributed by atoms with Gasteiger partial charge in [0.05, 0.1) is 12.7 Å². The summed E-state index contributed by atoms with van der Waals surface area (Å²) in [5.41, 5.74) is 4.84. The highest BCUT2D eigenvalue weighted by Gasteiger charge is 2.03. The molecule has 88 valence electrons. The Balaban J connectivity index is 3.28. The fourth-order valence-electron chi connectivity index (χ4n) is 0.864. The van der Waals surface area contributed by atoms with E-state index in [0.29, 0.717) is 13.0 Å². The van der Waals surface area contributed by atoms with Crippen molar-refractivity contribution in [3.05, 3.63) is 0 Å². The third-order valence-electron chi connectivity index (χ3n) is 1.60. The second kappa shape index (κ2) is 8.19. The largest absolute Gasteiger partial charge is 0.393 e. The van der Waals surface area contributed by atoms with Gasteiger partial charge < -0.3 is 20.9 Å². The van der Waals surface area contributed by atoms with E-state index in [4.69, 9.17) is 15.6 Å². The molecule has 15 heavy (non-hydrogen) atoms. The topological polar surface area (TPSA) is 102 Å². The van der Waals surface area contributed by atoms with E-state index >= 15 is 0 Å². The van der Waals surface area contributed by atoms with Crippen LogP contribution in [-0.4, -0.2) is 42.8 Å². The van der Waals surface area contributed by atoms with E-state index in [1.165, 1.54) is 0 Å². The molecule has 6 nitrogen and oxygen atoms in total. The minimum Gasteiger partial charge on any atom is -0.393 e. The molecule has 0 bridgehead atoms. The standard InChI is InChI=1S/C9H18N2O4/c1-7(12)2-3-9(14)11-4-5-15-6-8(10)13/h7,12H,2-6H2,1H3,(H2,10,13)(H,11,14). The molecule has 0 aromatic rings. The van der Waals surface area contributed by atoms with Crippen LogP contribution in [0.1, 0.15) is 19.8 Å². The lowest BCUT2D eigenvalue weighted by atomic mass is 10.2. The summed E-state index contributed by atoms with van der Waals surface area (Å²) < 4.78 is 4.83. The van der Waals surface area contributed by atoms with Crippen LogP contribution in [0.15, 0.2) is 0 Å². The second-order valence-corrected chi connectivity index (χ2v) is 3.26. The summed E-state index contributed by atoms with van der Waals surface area (Å²) in [6.07, 6.45) is 0.253. The SMILES string of the molecule is CC(O)CCC(=O)NCCOCC(N)=O. The normalized spacial score (nSPS) is 12.1. The number of primary amides is 1. The van der Waals surface area contributed by atoms with Crippen molar-refractivity contribution in [3.63, 3.8) is 0 Å². The molecule has 6 heteroatoms. The van der Waals surface area contributed by atoms with Gasteiger partial charge in [-0.1, -0.05) is 0 Å². The molecule has 1 atom stereocenters. The van der Waals surface area contributed by atoms with E-state index in [2.05, 4.69) is 5.32 Å². The molecule has 0 saturated carbocycles. The Labute approximate surface area is 88.8 Å². The average Bonchev–Trinajstić information content (AvgIpc) is 2.13. The lowest BCUT2D eigenvalue weighted by Gasteiger charge is -2.06. The lowest BCUT2D eigenvalue weighted by Crippen LogP contribution is -2.29. The third-order valence-corrected chi connectivity index (χ3v) is 1.60. The smallest absolute Gasteiger partial charge is 0.243 e. The van der Waals surface area contributed by atoms with Gasteiger partial charge in [-0.3, -0.25) is 9.59 Å². The zero-order valence-electron chi connectivity index (χ0n) is 8.86. The summed E-state index contributed by atoms with van der Waals surface area (Å²) >= 11 is 0. The maximum Gasteiger partial charge on any atom is 0.243 e. The van der Waals surface area contributed by atoms with Crippen LogP contribution in [-0.2, 0) is 14.3 Å². The van der Waals surface area contributed by atoms with E-state index in [1.54, 1.807) is 6.92 Å². The van der Waals surface area contributed by atoms with Gasteiger partial charge in [0.1, 0.15) is 6.61 Å². The summed E-state index contributed by atoms with van der Waals surface area (Å²) in [4.78, 5) is 21.3. The molecule has 0 fully saturated rings. The second-order valence-electron chi connectivity index (χ2n) is 3.26. The van der Waals surface area contributed by atoms with E-state index in [1.807, 2.05) is 0 Å². The van der Waals surface area contributed by atoms with E-state index in [0.717, 1.165) is 0 Å². The Morgan fingerprint density at radius 2 is 2.20 bits per heavy atom. The van der Waals surface area contributed by atoms with Crippen molar-refractivity contribution in [3.8, 4) is 0 Å². The Morgan fingerprint density at radius 1 is 1.53 bits per heavy atom. The molecule has 0 saturated heterocycles. The molecule has 0 aliphatic rings. The van der Waals surface area contributed by atoms with Crippen molar-refractivity contribution >= 4 is 11.8 Å². The number of ether oxygens (including phenoxy) is 1. The van der Waals surface area contributed by atoms with Gasteiger partial charge in [0, 0.05) is 13.0 Å². The first-order valence-electron chi connectivity index (χ1n) is 4.83. The van der Waals surface area contributed by atoms with Gasteiger partial charge in [0.15, 0.2) is 0 Å². The van der Waals surface area contributed by atoms with Crippen molar-refractivity contribution < 1.29 is 19.4 Å². The highest BCUT2D eigenvalue weighted by Crippen LogP contribution is 1.94. The first-order chi connectivity index (χ1) is 7.02. The van der Waals surface area contributed by atoms with Crippen LogP contribution in [0.3, 0.4) is 0 Å². The molecular weight excluding hydrogens is 200 g/mol. The number of carbonyl (C=O) groups is 2. The van der Waals surface area contributed by atoms with Crippen molar-refractivity contribution in [1.29, 1.82) is 0 Å². The van der Waals surface area contributed by atoms with Crippen LogP contribution in [0.2, 0.25) is 0 Å². The van der Waals surface area contributed by atoms with Crippen molar-refractivity contribution in [2.24, 2.45) is 5.73 Å². The van der Waals surface area contributed by atoms with Crippen LogP contribution in [0.4, 0.5) is 0 Å². The van der Waals surface area contributed by atoms with E-state index in [9.17, 15) is 9.59 Å². The van der Waals surface area contributed by atoms with Crippen LogP contribution < -0.4 is 11.1 Å². The molecule has 4 N–H and O–H groups in total. The Kier molecular flexibility index (Phi) is 7.57. The maximum atomic E-state index is 11.1.